The first-order valence-electron chi connectivity index (χ1n) is 8.05. The van der Waals surface area contributed by atoms with Crippen LogP contribution in [0.3, 0.4) is 0 Å². The van der Waals surface area contributed by atoms with Crippen molar-refractivity contribution in [3.8, 4) is 17.1 Å². The molecule has 0 spiro atoms. The second kappa shape index (κ2) is 6.67. The van der Waals surface area contributed by atoms with Gasteiger partial charge in [0.05, 0.1) is 19.0 Å². The molecule has 0 bridgehead atoms. The van der Waals surface area contributed by atoms with E-state index >= 15 is 0 Å². The van der Waals surface area contributed by atoms with Gasteiger partial charge in [-0.05, 0) is 37.3 Å². The summed E-state index contributed by atoms with van der Waals surface area (Å²) in [5.74, 6) is 0.485. The number of fused-ring (bicyclic) bond motifs is 1. The van der Waals surface area contributed by atoms with Gasteiger partial charge in [0.1, 0.15) is 4.21 Å². The van der Waals surface area contributed by atoms with Crippen molar-refractivity contribution in [2.45, 2.75) is 11.1 Å². The summed E-state index contributed by atoms with van der Waals surface area (Å²) < 4.78 is 34.7. The molecule has 1 aromatic carbocycles. The quantitative estimate of drug-likeness (QED) is 0.553. The minimum Gasteiger partial charge on any atom is -0.480 e. The Kier molecular flexibility index (Phi) is 4.33. The van der Waals surface area contributed by atoms with E-state index in [9.17, 15) is 8.42 Å². The van der Waals surface area contributed by atoms with E-state index in [1.807, 2.05) is 13.0 Å². The lowest BCUT2D eigenvalue weighted by Gasteiger charge is -2.07. The van der Waals surface area contributed by atoms with Crippen LogP contribution in [0.15, 0.2) is 58.9 Å². The second-order valence-electron chi connectivity index (χ2n) is 5.86. The number of imidazole rings is 1. The van der Waals surface area contributed by atoms with Crippen molar-refractivity contribution in [1.29, 1.82) is 0 Å². The van der Waals surface area contributed by atoms with Crippen LogP contribution in [0.1, 0.15) is 4.88 Å². The van der Waals surface area contributed by atoms with Crippen LogP contribution >= 0.6 is 11.3 Å². The number of rotatable bonds is 5. The summed E-state index contributed by atoms with van der Waals surface area (Å²) in [6.07, 6.45) is 1.77. The Morgan fingerprint density at radius 3 is 2.74 bits per heavy atom. The molecule has 0 saturated carbocycles. The molecule has 0 fully saturated rings. The average molecular weight is 400 g/mol. The number of nitrogens with zero attached hydrogens (tertiary/aromatic N) is 3. The molecule has 0 unspecified atom stereocenters. The van der Waals surface area contributed by atoms with Crippen molar-refractivity contribution in [2.24, 2.45) is 0 Å². The van der Waals surface area contributed by atoms with E-state index in [0.29, 0.717) is 22.9 Å². The van der Waals surface area contributed by atoms with E-state index < -0.39 is 10.0 Å². The summed E-state index contributed by atoms with van der Waals surface area (Å²) in [6, 6.07) is 14.0. The highest BCUT2D eigenvalue weighted by molar-refractivity contribution is 7.94. The number of sulfonamides is 1. The normalized spacial score (nSPS) is 11.6. The highest BCUT2D eigenvalue weighted by Crippen LogP contribution is 2.26. The summed E-state index contributed by atoms with van der Waals surface area (Å²) in [5.41, 5.74) is 2.61. The molecule has 7 nitrogen and oxygen atoms in total. The molecule has 3 heterocycles. The molecule has 0 aliphatic carbocycles. The number of methoxy groups -OCH3 is 1. The molecule has 4 rings (SSSR count). The van der Waals surface area contributed by atoms with Gasteiger partial charge in [-0.25, -0.2) is 17.9 Å². The number of benzene rings is 1. The van der Waals surface area contributed by atoms with E-state index in [1.165, 1.54) is 11.3 Å². The molecule has 0 amide bonds. The molecule has 3 aromatic heterocycles. The molecule has 9 heteroatoms. The molecule has 0 aliphatic heterocycles. The van der Waals surface area contributed by atoms with Crippen LogP contribution in [0.5, 0.6) is 5.88 Å². The predicted octanol–water partition coefficient (Wildman–Crippen LogP) is 3.58. The molecule has 138 valence electrons. The number of ether oxygens (including phenoxy) is 1. The standard InChI is InChI=1S/C18H16N4O3S2/c1-12-6-9-18(26-12)27(23,24)21-14-5-3-4-13(10-14)15-11-22-16(19-15)7-8-17(20-22)25-2/h3-11,21H,1-2H3. The topological polar surface area (TPSA) is 85.6 Å². The fourth-order valence-corrected chi connectivity index (χ4v) is 4.95. The van der Waals surface area contributed by atoms with Crippen LogP contribution in [-0.4, -0.2) is 30.1 Å². The molecule has 0 radical (unpaired) electrons. The van der Waals surface area contributed by atoms with E-state index in [-0.39, 0.29) is 4.21 Å². The van der Waals surface area contributed by atoms with Gasteiger partial charge in [0.15, 0.2) is 5.65 Å². The minimum absolute atomic E-state index is 0.287. The number of hydrogen-bond acceptors (Lipinski definition) is 6. The SMILES string of the molecule is COc1ccc2nc(-c3cccc(NS(=O)(=O)c4ccc(C)s4)c3)cn2n1. The van der Waals surface area contributed by atoms with Crippen LogP contribution in [0.25, 0.3) is 16.9 Å². The molecule has 0 atom stereocenters. The van der Waals surface area contributed by atoms with Crippen molar-refractivity contribution < 1.29 is 13.2 Å². The van der Waals surface area contributed by atoms with Gasteiger partial charge in [0.2, 0.25) is 5.88 Å². The Labute approximate surface area is 160 Å². The van der Waals surface area contributed by atoms with Gasteiger partial charge in [-0.3, -0.25) is 4.72 Å². The molecular weight excluding hydrogens is 384 g/mol. The zero-order valence-electron chi connectivity index (χ0n) is 14.6. The Balaban J connectivity index is 1.66. The number of nitrogens with one attached hydrogen (secondary N) is 1. The molecule has 0 saturated heterocycles. The summed E-state index contributed by atoms with van der Waals surface area (Å²) in [7, 11) is -2.06. The van der Waals surface area contributed by atoms with Gasteiger partial charge in [-0.2, -0.15) is 0 Å². The highest BCUT2D eigenvalue weighted by Gasteiger charge is 2.17. The average Bonchev–Trinajstić information content (AvgIpc) is 3.27. The number of thiophene rings is 1. The van der Waals surface area contributed by atoms with Gasteiger partial charge in [0, 0.05) is 22.2 Å². The molecule has 4 aromatic rings. The Morgan fingerprint density at radius 2 is 2.00 bits per heavy atom. The maximum Gasteiger partial charge on any atom is 0.271 e. The van der Waals surface area contributed by atoms with Crippen molar-refractivity contribution in [2.75, 3.05) is 11.8 Å². The summed E-state index contributed by atoms with van der Waals surface area (Å²) >= 11 is 1.23. The molecular formula is C18H16N4O3S2. The van der Waals surface area contributed by atoms with Gasteiger partial charge in [-0.1, -0.05) is 12.1 Å². The predicted molar refractivity (Wildman–Crippen MR) is 105 cm³/mol. The van der Waals surface area contributed by atoms with Gasteiger partial charge in [0.25, 0.3) is 10.0 Å². The second-order valence-corrected chi connectivity index (χ2v) is 9.05. The van der Waals surface area contributed by atoms with E-state index in [4.69, 9.17) is 4.74 Å². The third kappa shape index (κ3) is 3.51. The fraction of sp³-hybridized carbons (Fsp3) is 0.111. The lowest BCUT2D eigenvalue weighted by molar-refractivity contribution is 0.390. The fourth-order valence-electron chi connectivity index (χ4n) is 2.62. The van der Waals surface area contributed by atoms with Crippen LogP contribution in [0.4, 0.5) is 5.69 Å². The molecule has 1 N–H and O–H groups in total. The monoisotopic (exact) mass is 400 g/mol. The molecule has 27 heavy (non-hydrogen) atoms. The Hall–Kier alpha value is -2.91. The third-order valence-corrected chi connectivity index (χ3v) is 6.77. The Morgan fingerprint density at radius 1 is 1.15 bits per heavy atom. The number of hydrogen-bond donors (Lipinski definition) is 1. The third-order valence-electron chi connectivity index (χ3n) is 3.90. The first-order chi connectivity index (χ1) is 12.9. The number of anilines is 1. The highest BCUT2D eigenvalue weighted by atomic mass is 32.2. The number of aryl methyl sites for hydroxylation is 1. The van der Waals surface area contributed by atoms with Gasteiger partial charge < -0.3 is 4.74 Å². The van der Waals surface area contributed by atoms with Crippen molar-refractivity contribution in [3.05, 3.63) is 59.6 Å². The maximum absolute atomic E-state index is 12.5. The summed E-state index contributed by atoms with van der Waals surface area (Å²) in [5, 5.41) is 4.29. The van der Waals surface area contributed by atoms with Crippen LogP contribution in [0, 0.1) is 6.92 Å². The summed E-state index contributed by atoms with van der Waals surface area (Å²) in [6.45, 7) is 1.87. The lowest BCUT2D eigenvalue weighted by Crippen LogP contribution is -2.11. The van der Waals surface area contributed by atoms with Gasteiger partial charge >= 0.3 is 0 Å². The minimum atomic E-state index is -3.61. The largest absolute Gasteiger partial charge is 0.480 e. The van der Waals surface area contributed by atoms with E-state index in [0.717, 1.165) is 10.4 Å². The smallest absolute Gasteiger partial charge is 0.271 e. The first kappa shape index (κ1) is 17.5. The lowest BCUT2D eigenvalue weighted by atomic mass is 10.1. The van der Waals surface area contributed by atoms with Crippen LogP contribution < -0.4 is 9.46 Å². The summed E-state index contributed by atoms with van der Waals surface area (Å²) in [4.78, 5) is 5.47. The van der Waals surface area contributed by atoms with Gasteiger partial charge in [-0.15, -0.1) is 16.4 Å². The number of aromatic nitrogens is 3. The first-order valence-corrected chi connectivity index (χ1v) is 10.3. The van der Waals surface area contributed by atoms with Crippen molar-refractivity contribution in [3.63, 3.8) is 0 Å². The maximum atomic E-state index is 12.5. The zero-order valence-corrected chi connectivity index (χ0v) is 16.2. The van der Waals surface area contributed by atoms with E-state index in [1.54, 1.807) is 60.3 Å². The van der Waals surface area contributed by atoms with E-state index in [2.05, 4.69) is 14.8 Å². The Bertz CT molecular complexity index is 1230. The van der Waals surface area contributed by atoms with Crippen molar-refractivity contribution >= 4 is 32.7 Å². The molecule has 0 aliphatic rings. The van der Waals surface area contributed by atoms with Crippen LogP contribution in [-0.2, 0) is 10.0 Å². The zero-order chi connectivity index (χ0) is 19.0. The van der Waals surface area contributed by atoms with Crippen molar-refractivity contribution in [1.82, 2.24) is 14.6 Å². The van der Waals surface area contributed by atoms with Crippen LogP contribution in [0.2, 0.25) is 0 Å².